The molecule has 4 aromatic rings. The van der Waals surface area contributed by atoms with Gasteiger partial charge in [0.2, 0.25) is 0 Å². The van der Waals surface area contributed by atoms with Gasteiger partial charge in [0.1, 0.15) is 0 Å². The zero-order valence-electron chi connectivity index (χ0n) is 14.1. The molecule has 0 saturated carbocycles. The van der Waals surface area contributed by atoms with Crippen LogP contribution in [0.1, 0.15) is 16.0 Å². The van der Waals surface area contributed by atoms with Crippen molar-refractivity contribution in [2.45, 2.75) is 6.54 Å². The summed E-state index contributed by atoms with van der Waals surface area (Å²) in [6, 6.07) is 21.4. The van der Waals surface area contributed by atoms with Crippen molar-refractivity contribution in [1.29, 1.82) is 0 Å². The van der Waals surface area contributed by atoms with Crippen molar-refractivity contribution in [3.05, 3.63) is 88.9 Å². The summed E-state index contributed by atoms with van der Waals surface area (Å²) in [7, 11) is 0. The lowest BCUT2D eigenvalue weighted by molar-refractivity contribution is 0.766. The fraction of sp³-hybridized carbons (Fsp3) is 0.0909. The third-order valence-corrected chi connectivity index (χ3v) is 5.87. The molecule has 0 bridgehead atoms. The van der Waals surface area contributed by atoms with Gasteiger partial charge in [0.15, 0.2) is 0 Å². The summed E-state index contributed by atoms with van der Waals surface area (Å²) in [5.41, 5.74) is 5.93. The Kier molecular flexibility index (Phi) is 3.85. The van der Waals surface area contributed by atoms with E-state index in [-0.39, 0.29) is 0 Å². The maximum absolute atomic E-state index is 4.24. The molecule has 0 fully saturated rings. The van der Waals surface area contributed by atoms with Gasteiger partial charge in [-0.25, -0.2) is 0 Å². The average Bonchev–Trinajstić information content (AvgIpc) is 3.01. The molecule has 4 heteroatoms. The van der Waals surface area contributed by atoms with Gasteiger partial charge in [-0.3, -0.25) is 0 Å². The molecule has 3 heterocycles. The van der Waals surface area contributed by atoms with Gasteiger partial charge >= 0.3 is 0 Å². The molecule has 2 aromatic carbocycles. The highest BCUT2D eigenvalue weighted by atomic mass is 32.1. The Morgan fingerprint density at radius 1 is 0.962 bits per heavy atom. The Hall–Kier alpha value is -2.82. The van der Waals surface area contributed by atoms with Crippen molar-refractivity contribution >= 4 is 27.0 Å². The molecule has 1 aliphatic heterocycles. The van der Waals surface area contributed by atoms with Crippen LogP contribution in [0, 0.1) is 0 Å². The molecule has 2 aromatic heterocycles. The summed E-state index contributed by atoms with van der Waals surface area (Å²) in [5.74, 6) is 0. The SMILES string of the molecule is C1=C(c2cc3ccccc3s2)c2ccc(-c3cccnn3)cc2CNC1. The molecule has 0 unspecified atom stereocenters. The van der Waals surface area contributed by atoms with Gasteiger partial charge in [0, 0.05) is 34.4 Å². The molecule has 0 radical (unpaired) electrons. The van der Waals surface area contributed by atoms with Crippen molar-refractivity contribution in [2.75, 3.05) is 6.54 Å². The van der Waals surface area contributed by atoms with Crippen LogP contribution >= 0.6 is 11.3 Å². The normalized spacial score (nSPS) is 13.9. The predicted octanol–water partition coefficient (Wildman–Crippen LogP) is 4.89. The second kappa shape index (κ2) is 6.48. The largest absolute Gasteiger partial charge is 0.309 e. The van der Waals surface area contributed by atoms with E-state index in [2.05, 4.69) is 70.1 Å². The number of hydrogen-bond acceptors (Lipinski definition) is 4. The highest BCUT2D eigenvalue weighted by Crippen LogP contribution is 2.36. The lowest BCUT2D eigenvalue weighted by Crippen LogP contribution is -2.11. The molecule has 26 heavy (non-hydrogen) atoms. The van der Waals surface area contributed by atoms with Gasteiger partial charge in [-0.2, -0.15) is 10.2 Å². The molecule has 126 valence electrons. The van der Waals surface area contributed by atoms with Crippen molar-refractivity contribution in [3.63, 3.8) is 0 Å². The maximum Gasteiger partial charge on any atom is 0.0929 e. The summed E-state index contributed by atoms with van der Waals surface area (Å²) < 4.78 is 1.33. The van der Waals surface area contributed by atoms with Crippen LogP contribution < -0.4 is 5.32 Å². The minimum absolute atomic E-state index is 0.855. The zero-order valence-corrected chi connectivity index (χ0v) is 15.0. The Morgan fingerprint density at radius 3 is 2.81 bits per heavy atom. The van der Waals surface area contributed by atoms with Crippen LogP contribution in [0.2, 0.25) is 0 Å². The number of hydrogen-bond donors (Lipinski definition) is 1. The van der Waals surface area contributed by atoms with Crippen molar-refractivity contribution < 1.29 is 0 Å². The average molecular weight is 355 g/mol. The van der Waals surface area contributed by atoms with Crippen LogP contribution in [0.5, 0.6) is 0 Å². The monoisotopic (exact) mass is 355 g/mol. The Morgan fingerprint density at radius 2 is 1.92 bits per heavy atom. The smallest absolute Gasteiger partial charge is 0.0929 e. The summed E-state index contributed by atoms with van der Waals surface area (Å²) >= 11 is 1.86. The number of rotatable bonds is 2. The first-order chi connectivity index (χ1) is 12.9. The van der Waals surface area contributed by atoms with Crippen LogP contribution in [0.25, 0.3) is 26.9 Å². The van der Waals surface area contributed by atoms with E-state index < -0.39 is 0 Å². The molecule has 0 amide bonds. The van der Waals surface area contributed by atoms with E-state index in [4.69, 9.17) is 0 Å². The molecule has 0 spiro atoms. The first-order valence-electron chi connectivity index (χ1n) is 8.70. The Bertz CT molecular complexity index is 1080. The third kappa shape index (κ3) is 2.73. The van der Waals surface area contributed by atoms with E-state index in [1.807, 2.05) is 23.5 Å². The fourth-order valence-corrected chi connectivity index (χ4v) is 4.57. The summed E-state index contributed by atoms with van der Waals surface area (Å²) in [6.45, 7) is 1.73. The van der Waals surface area contributed by atoms with E-state index in [1.165, 1.54) is 31.7 Å². The first kappa shape index (κ1) is 15.4. The molecule has 3 nitrogen and oxygen atoms in total. The van der Waals surface area contributed by atoms with Crippen LogP contribution in [0.4, 0.5) is 0 Å². The van der Waals surface area contributed by atoms with E-state index in [9.17, 15) is 0 Å². The topological polar surface area (TPSA) is 37.8 Å². The molecule has 1 N–H and O–H groups in total. The molecule has 0 aliphatic carbocycles. The highest BCUT2D eigenvalue weighted by Gasteiger charge is 2.16. The number of nitrogens with zero attached hydrogens (tertiary/aromatic N) is 2. The van der Waals surface area contributed by atoms with Gasteiger partial charge < -0.3 is 5.32 Å². The zero-order chi connectivity index (χ0) is 17.3. The van der Waals surface area contributed by atoms with E-state index in [0.29, 0.717) is 0 Å². The number of thiophene rings is 1. The van der Waals surface area contributed by atoms with E-state index in [0.717, 1.165) is 24.3 Å². The lowest BCUT2D eigenvalue weighted by Gasteiger charge is -2.11. The van der Waals surface area contributed by atoms with E-state index >= 15 is 0 Å². The molecular weight excluding hydrogens is 338 g/mol. The summed E-state index contributed by atoms with van der Waals surface area (Å²) in [4.78, 5) is 1.32. The van der Waals surface area contributed by atoms with E-state index in [1.54, 1.807) is 6.20 Å². The van der Waals surface area contributed by atoms with Crippen molar-refractivity contribution in [2.24, 2.45) is 0 Å². The maximum atomic E-state index is 4.24. The second-order valence-electron chi connectivity index (χ2n) is 6.38. The molecule has 5 rings (SSSR count). The number of nitrogens with one attached hydrogen (secondary N) is 1. The first-order valence-corrected chi connectivity index (χ1v) is 9.51. The van der Waals surface area contributed by atoms with Crippen molar-refractivity contribution in [3.8, 4) is 11.3 Å². The van der Waals surface area contributed by atoms with Crippen LogP contribution in [-0.2, 0) is 6.54 Å². The standard InChI is InChI=1S/C22H17N3S/c1-2-6-21-16(4-1)13-22(26-21)19-9-11-23-14-17-12-15(7-8-18(17)19)20-5-3-10-24-25-20/h1-10,12-13,23H,11,14H2. The number of fused-ring (bicyclic) bond motifs is 2. The Balaban J connectivity index is 1.62. The van der Waals surface area contributed by atoms with Crippen LogP contribution in [-0.4, -0.2) is 16.7 Å². The summed E-state index contributed by atoms with van der Waals surface area (Å²) in [5, 5.41) is 13.1. The predicted molar refractivity (Wildman–Crippen MR) is 108 cm³/mol. The van der Waals surface area contributed by atoms with Crippen LogP contribution in [0.15, 0.2) is 72.9 Å². The molecule has 0 saturated heterocycles. The lowest BCUT2D eigenvalue weighted by atomic mass is 9.95. The fourth-order valence-electron chi connectivity index (χ4n) is 3.46. The highest BCUT2D eigenvalue weighted by molar-refractivity contribution is 7.20. The number of benzene rings is 2. The van der Waals surface area contributed by atoms with Crippen molar-refractivity contribution in [1.82, 2.24) is 15.5 Å². The van der Waals surface area contributed by atoms with Gasteiger partial charge in [-0.1, -0.05) is 36.4 Å². The minimum Gasteiger partial charge on any atom is -0.309 e. The summed E-state index contributed by atoms with van der Waals surface area (Å²) in [6.07, 6.45) is 4.01. The minimum atomic E-state index is 0.855. The third-order valence-electron chi connectivity index (χ3n) is 4.72. The second-order valence-corrected chi connectivity index (χ2v) is 7.46. The quantitative estimate of drug-likeness (QED) is 0.556. The molecule has 1 aliphatic rings. The van der Waals surface area contributed by atoms with Gasteiger partial charge in [0.25, 0.3) is 0 Å². The molecule has 0 atom stereocenters. The van der Waals surface area contributed by atoms with Gasteiger partial charge in [-0.05, 0) is 52.4 Å². The van der Waals surface area contributed by atoms with Gasteiger partial charge in [0.05, 0.1) is 5.69 Å². The van der Waals surface area contributed by atoms with Crippen LogP contribution in [0.3, 0.4) is 0 Å². The van der Waals surface area contributed by atoms with Gasteiger partial charge in [-0.15, -0.1) is 11.3 Å². The Labute approximate surface area is 156 Å². The molecular formula is C22H17N3S. The number of aromatic nitrogens is 2.